The van der Waals surface area contributed by atoms with Crippen molar-refractivity contribution in [3.8, 4) is 0 Å². The van der Waals surface area contributed by atoms with E-state index >= 15 is 0 Å². The van der Waals surface area contributed by atoms with Crippen LogP contribution in [0.25, 0.3) is 10.9 Å². The van der Waals surface area contributed by atoms with Gasteiger partial charge >= 0.3 is 0 Å². The summed E-state index contributed by atoms with van der Waals surface area (Å²) in [5, 5.41) is 12.9. The van der Waals surface area contributed by atoms with Crippen LogP contribution in [0, 0.1) is 13.8 Å². The number of nitrogens with one attached hydrogen (secondary N) is 3. The van der Waals surface area contributed by atoms with Crippen molar-refractivity contribution < 1.29 is 9.59 Å². The fourth-order valence-corrected chi connectivity index (χ4v) is 2.46. The Labute approximate surface area is 139 Å². The van der Waals surface area contributed by atoms with Crippen molar-refractivity contribution in [3.05, 3.63) is 59.3 Å². The van der Waals surface area contributed by atoms with Crippen LogP contribution in [0.1, 0.15) is 21.6 Å². The van der Waals surface area contributed by atoms with Crippen LogP contribution in [0.3, 0.4) is 0 Å². The first-order chi connectivity index (χ1) is 11.6. The zero-order chi connectivity index (χ0) is 17.1. The second-order valence-corrected chi connectivity index (χ2v) is 5.60. The molecule has 122 valence electrons. The largest absolute Gasteiger partial charge is 0.342 e. The lowest BCUT2D eigenvalue weighted by Crippen LogP contribution is -2.33. The molecule has 6 nitrogen and oxygen atoms in total. The fourth-order valence-electron chi connectivity index (χ4n) is 2.46. The zero-order valence-corrected chi connectivity index (χ0v) is 13.5. The Hall–Kier alpha value is -3.15. The number of anilines is 1. The Kier molecular flexibility index (Phi) is 4.29. The fraction of sp³-hybridized carbons (Fsp3) is 0.167. The highest BCUT2D eigenvalue weighted by atomic mass is 16.2. The molecule has 3 aromatic rings. The first kappa shape index (κ1) is 15.7. The van der Waals surface area contributed by atoms with Crippen LogP contribution in [0.4, 0.5) is 5.69 Å². The van der Waals surface area contributed by atoms with Gasteiger partial charge in [0.25, 0.3) is 5.91 Å². The molecule has 6 heteroatoms. The van der Waals surface area contributed by atoms with Gasteiger partial charge in [-0.1, -0.05) is 30.3 Å². The highest BCUT2D eigenvalue weighted by molar-refractivity contribution is 6.06. The second-order valence-electron chi connectivity index (χ2n) is 5.60. The number of carbonyl (C=O) groups is 2. The number of nitrogens with zero attached hydrogens (tertiary/aromatic N) is 1. The minimum Gasteiger partial charge on any atom is -0.342 e. The molecule has 2 amide bonds. The Bertz CT molecular complexity index is 914. The molecule has 0 unspecified atom stereocenters. The summed E-state index contributed by atoms with van der Waals surface area (Å²) in [6, 6.07) is 13.0. The van der Waals surface area contributed by atoms with E-state index in [1.165, 1.54) is 0 Å². The summed E-state index contributed by atoms with van der Waals surface area (Å²) >= 11 is 0. The number of para-hydroxylation sites is 1. The van der Waals surface area contributed by atoms with Crippen LogP contribution in [0.5, 0.6) is 0 Å². The van der Waals surface area contributed by atoms with Crippen LogP contribution < -0.4 is 10.6 Å². The summed E-state index contributed by atoms with van der Waals surface area (Å²) in [5.41, 5.74) is 3.92. The summed E-state index contributed by atoms with van der Waals surface area (Å²) < 4.78 is 0. The molecule has 0 spiro atoms. The van der Waals surface area contributed by atoms with Crippen LogP contribution in [0.2, 0.25) is 0 Å². The number of aromatic amines is 1. The van der Waals surface area contributed by atoms with Crippen LogP contribution >= 0.6 is 0 Å². The number of rotatable bonds is 4. The van der Waals surface area contributed by atoms with E-state index in [4.69, 9.17) is 0 Å². The summed E-state index contributed by atoms with van der Waals surface area (Å²) in [5.74, 6) is -0.666. The minimum absolute atomic E-state index is 0.118. The topological polar surface area (TPSA) is 86.9 Å². The van der Waals surface area contributed by atoms with Gasteiger partial charge in [0.2, 0.25) is 5.91 Å². The molecule has 0 saturated carbocycles. The molecule has 0 aliphatic heterocycles. The molecule has 3 rings (SSSR count). The Morgan fingerprint density at radius 2 is 1.88 bits per heavy atom. The van der Waals surface area contributed by atoms with E-state index in [0.717, 1.165) is 27.7 Å². The number of H-pyrrole nitrogens is 1. The van der Waals surface area contributed by atoms with Gasteiger partial charge in [0, 0.05) is 11.1 Å². The summed E-state index contributed by atoms with van der Waals surface area (Å²) in [7, 11) is 0. The first-order valence-corrected chi connectivity index (χ1v) is 7.63. The van der Waals surface area contributed by atoms with E-state index < -0.39 is 0 Å². The van der Waals surface area contributed by atoms with Gasteiger partial charge < -0.3 is 10.6 Å². The maximum Gasteiger partial charge on any atom is 0.272 e. The van der Waals surface area contributed by atoms with Crippen LogP contribution in [-0.4, -0.2) is 28.6 Å². The third kappa shape index (κ3) is 3.12. The standard InChI is InChI=1S/C18H18N4O2/c1-11-6-5-9-14(12(11)2)20-16(23)10-19-18(24)17-13-7-3-4-8-15(13)21-22-17/h3-9H,10H2,1-2H3,(H,19,24)(H,20,23)(H,21,22). The Balaban J connectivity index is 1.64. The van der Waals surface area contributed by atoms with Crippen molar-refractivity contribution in [1.29, 1.82) is 0 Å². The quantitative estimate of drug-likeness (QED) is 0.690. The second kappa shape index (κ2) is 6.54. The van der Waals surface area contributed by atoms with Gasteiger partial charge in [0.15, 0.2) is 5.69 Å². The molecule has 0 fully saturated rings. The normalized spacial score (nSPS) is 10.6. The molecular formula is C18H18N4O2. The molecule has 24 heavy (non-hydrogen) atoms. The zero-order valence-electron chi connectivity index (χ0n) is 13.5. The molecule has 1 aromatic heterocycles. The molecule has 1 heterocycles. The number of aryl methyl sites for hydroxylation is 1. The lowest BCUT2D eigenvalue weighted by molar-refractivity contribution is -0.115. The molecule has 3 N–H and O–H groups in total. The number of aromatic nitrogens is 2. The minimum atomic E-state index is -0.386. The maximum absolute atomic E-state index is 12.2. The SMILES string of the molecule is Cc1cccc(NC(=O)CNC(=O)c2n[nH]c3ccccc23)c1C. The van der Waals surface area contributed by atoms with Crippen molar-refractivity contribution in [1.82, 2.24) is 15.5 Å². The average molecular weight is 322 g/mol. The number of carbonyl (C=O) groups excluding carboxylic acids is 2. The molecule has 0 aliphatic rings. The third-order valence-corrected chi connectivity index (χ3v) is 3.97. The van der Waals surface area contributed by atoms with Crippen molar-refractivity contribution in [2.24, 2.45) is 0 Å². The summed E-state index contributed by atoms with van der Waals surface area (Å²) in [4.78, 5) is 24.3. The number of hydrogen-bond donors (Lipinski definition) is 3. The van der Waals surface area contributed by atoms with E-state index in [-0.39, 0.29) is 24.1 Å². The first-order valence-electron chi connectivity index (χ1n) is 7.63. The maximum atomic E-state index is 12.2. The van der Waals surface area contributed by atoms with E-state index in [1.54, 1.807) is 0 Å². The Morgan fingerprint density at radius 1 is 1.08 bits per heavy atom. The highest BCUT2D eigenvalue weighted by Gasteiger charge is 2.15. The molecule has 0 bridgehead atoms. The highest BCUT2D eigenvalue weighted by Crippen LogP contribution is 2.18. The monoisotopic (exact) mass is 322 g/mol. The van der Waals surface area contributed by atoms with Gasteiger partial charge in [-0.15, -0.1) is 0 Å². The van der Waals surface area contributed by atoms with Crippen LogP contribution in [0.15, 0.2) is 42.5 Å². The predicted octanol–water partition coefficient (Wildman–Crippen LogP) is 2.55. The van der Waals surface area contributed by atoms with Gasteiger partial charge in [-0.3, -0.25) is 14.7 Å². The molecule has 0 aliphatic carbocycles. The van der Waals surface area contributed by atoms with Gasteiger partial charge in [-0.25, -0.2) is 0 Å². The van der Waals surface area contributed by atoms with E-state index in [1.807, 2.05) is 56.3 Å². The molecular weight excluding hydrogens is 304 g/mol. The van der Waals surface area contributed by atoms with Crippen molar-refractivity contribution in [2.75, 3.05) is 11.9 Å². The van der Waals surface area contributed by atoms with Gasteiger partial charge in [0.1, 0.15) is 0 Å². The number of hydrogen-bond acceptors (Lipinski definition) is 3. The van der Waals surface area contributed by atoms with E-state index in [0.29, 0.717) is 0 Å². The molecule has 2 aromatic carbocycles. The van der Waals surface area contributed by atoms with Crippen molar-refractivity contribution in [2.45, 2.75) is 13.8 Å². The molecule has 0 radical (unpaired) electrons. The third-order valence-electron chi connectivity index (χ3n) is 3.97. The van der Waals surface area contributed by atoms with Gasteiger partial charge in [-0.2, -0.15) is 5.10 Å². The van der Waals surface area contributed by atoms with E-state index in [2.05, 4.69) is 20.8 Å². The Morgan fingerprint density at radius 3 is 2.71 bits per heavy atom. The lowest BCUT2D eigenvalue weighted by Gasteiger charge is -2.10. The van der Waals surface area contributed by atoms with Crippen molar-refractivity contribution in [3.63, 3.8) is 0 Å². The summed E-state index contributed by atoms with van der Waals surface area (Å²) in [6.07, 6.45) is 0. The van der Waals surface area contributed by atoms with Gasteiger partial charge in [0.05, 0.1) is 12.1 Å². The average Bonchev–Trinajstić information content (AvgIpc) is 3.01. The van der Waals surface area contributed by atoms with Gasteiger partial charge in [-0.05, 0) is 37.1 Å². The van der Waals surface area contributed by atoms with Crippen LogP contribution in [-0.2, 0) is 4.79 Å². The number of amides is 2. The van der Waals surface area contributed by atoms with Crippen molar-refractivity contribution >= 4 is 28.4 Å². The number of fused-ring (bicyclic) bond motifs is 1. The lowest BCUT2D eigenvalue weighted by atomic mass is 10.1. The summed E-state index contributed by atoms with van der Waals surface area (Å²) in [6.45, 7) is 3.81. The molecule has 0 saturated heterocycles. The molecule has 0 atom stereocenters. The smallest absolute Gasteiger partial charge is 0.272 e. The predicted molar refractivity (Wildman–Crippen MR) is 93.0 cm³/mol. The number of benzene rings is 2. The van der Waals surface area contributed by atoms with E-state index in [9.17, 15) is 9.59 Å².